The number of anilines is 1. The van der Waals surface area contributed by atoms with E-state index in [0.29, 0.717) is 47.8 Å². The van der Waals surface area contributed by atoms with Gasteiger partial charge in [0.05, 0.1) is 29.3 Å². The molecular formula is C32H29BFN5O4. The zero-order valence-corrected chi connectivity index (χ0v) is 23.5. The van der Waals surface area contributed by atoms with Crippen molar-refractivity contribution in [3.05, 3.63) is 94.3 Å². The van der Waals surface area contributed by atoms with Crippen molar-refractivity contribution >= 4 is 31.3 Å². The third-order valence-electron chi connectivity index (χ3n) is 8.40. The van der Waals surface area contributed by atoms with Crippen LogP contribution in [-0.4, -0.2) is 67.0 Å². The lowest BCUT2D eigenvalue weighted by Crippen LogP contribution is -2.63. The molecule has 216 valence electrons. The average Bonchev–Trinajstić information content (AvgIpc) is 3.36. The maximum Gasteiger partial charge on any atom is 0.254 e. The second-order valence-electron chi connectivity index (χ2n) is 11.1. The summed E-state index contributed by atoms with van der Waals surface area (Å²) >= 11 is 0. The maximum atomic E-state index is 14.4. The molecular weight excluding hydrogens is 548 g/mol. The molecule has 0 aliphatic carbocycles. The van der Waals surface area contributed by atoms with E-state index >= 15 is 0 Å². The van der Waals surface area contributed by atoms with E-state index in [2.05, 4.69) is 22.3 Å². The number of imide groups is 1. The van der Waals surface area contributed by atoms with Crippen LogP contribution in [0.15, 0.2) is 60.7 Å². The Hall–Kier alpha value is -4.69. The van der Waals surface area contributed by atoms with Crippen molar-refractivity contribution in [2.75, 3.05) is 31.1 Å². The van der Waals surface area contributed by atoms with Gasteiger partial charge in [0.25, 0.3) is 5.91 Å². The van der Waals surface area contributed by atoms with E-state index in [1.165, 1.54) is 11.0 Å². The quantitative estimate of drug-likeness (QED) is 0.340. The summed E-state index contributed by atoms with van der Waals surface area (Å²) in [6.45, 7) is 4.17. The molecule has 3 amide bonds. The molecule has 3 aromatic rings. The Kier molecular flexibility index (Phi) is 7.63. The van der Waals surface area contributed by atoms with E-state index in [4.69, 9.17) is 17.8 Å². The fraction of sp³-hybridized carbons (Fsp3) is 0.312. The molecule has 3 aliphatic rings. The smallest absolute Gasteiger partial charge is 0.254 e. The van der Waals surface area contributed by atoms with Crippen LogP contribution in [0.4, 0.5) is 10.1 Å². The van der Waals surface area contributed by atoms with Crippen LogP contribution in [0.25, 0.3) is 0 Å². The third kappa shape index (κ3) is 5.58. The molecule has 2 saturated heterocycles. The van der Waals surface area contributed by atoms with Crippen LogP contribution in [-0.2, 0) is 29.3 Å². The van der Waals surface area contributed by atoms with Crippen LogP contribution >= 0.6 is 0 Å². The minimum Gasteiger partial charge on any atom is -0.489 e. The Morgan fingerprint density at radius 1 is 1.00 bits per heavy atom. The van der Waals surface area contributed by atoms with Gasteiger partial charge < -0.3 is 14.5 Å². The molecule has 3 aromatic carbocycles. The number of nitrogens with zero attached hydrogens (tertiary/aromatic N) is 4. The Morgan fingerprint density at radius 2 is 1.74 bits per heavy atom. The summed E-state index contributed by atoms with van der Waals surface area (Å²) in [5, 5.41) is 11.2. The average molecular weight is 577 g/mol. The molecule has 0 aromatic heterocycles. The molecule has 1 atom stereocenters. The molecule has 2 fully saturated rings. The number of carbonyl (C=O) groups excluding carboxylic acids is 3. The van der Waals surface area contributed by atoms with E-state index in [0.717, 1.165) is 30.8 Å². The summed E-state index contributed by atoms with van der Waals surface area (Å²) in [4.78, 5) is 43.0. The van der Waals surface area contributed by atoms with Crippen LogP contribution in [0, 0.1) is 17.1 Å². The number of hydrogen-bond acceptors (Lipinski definition) is 7. The summed E-state index contributed by atoms with van der Waals surface area (Å²) in [6, 6.07) is 19.9. The van der Waals surface area contributed by atoms with Gasteiger partial charge in [-0.3, -0.25) is 24.6 Å². The Bertz CT molecular complexity index is 1630. The van der Waals surface area contributed by atoms with Gasteiger partial charge in [0, 0.05) is 50.3 Å². The third-order valence-corrected chi connectivity index (χ3v) is 8.40. The van der Waals surface area contributed by atoms with Crippen molar-refractivity contribution < 1.29 is 23.5 Å². The Balaban J connectivity index is 1.04. The summed E-state index contributed by atoms with van der Waals surface area (Å²) in [7, 11) is 6.35. The largest absolute Gasteiger partial charge is 0.489 e. The van der Waals surface area contributed by atoms with Crippen LogP contribution in [0.3, 0.4) is 0 Å². The van der Waals surface area contributed by atoms with Crippen molar-refractivity contribution in [1.29, 1.82) is 5.26 Å². The predicted molar refractivity (Wildman–Crippen MR) is 157 cm³/mol. The number of piperidine rings is 1. The second kappa shape index (κ2) is 11.5. The standard InChI is InChI=1S/C32H29BFN5O4/c33-32(11-10-29(40)36-31(32)42)39-19-25-24(30(39)41)2-1-3-28(25)43-20-22-6-4-21(5-7-22)18-37-12-14-38(15-13-37)27-9-8-23(17-35)16-26(27)34/h1-9,16H,10-15,18-20H2,(H,36,40,42)/t32-/m0/s1. The van der Waals surface area contributed by atoms with Gasteiger partial charge in [0.1, 0.15) is 26.0 Å². The van der Waals surface area contributed by atoms with E-state index in [9.17, 15) is 18.8 Å². The molecule has 9 nitrogen and oxygen atoms in total. The number of amides is 3. The number of nitriles is 1. The van der Waals surface area contributed by atoms with Gasteiger partial charge in [0.2, 0.25) is 11.8 Å². The number of carbonyl (C=O) groups is 3. The van der Waals surface area contributed by atoms with Crippen LogP contribution < -0.4 is 15.0 Å². The van der Waals surface area contributed by atoms with Crippen LogP contribution in [0.2, 0.25) is 0 Å². The van der Waals surface area contributed by atoms with Crippen LogP contribution in [0.5, 0.6) is 5.75 Å². The number of nitrogens with one attached hydrogen (secondary N) is 1. The van der Waals surface area contributed by atoms with Crippen molar-refractivity contribution in [1.82, 2.24) is 15.1 Å². The molecule has 0 spiro atoms. The zero-order chi connectivity index (χ0) is 30.1. The van der Waals surface area contributed by atoms with E-state index in [1.54, 1.807) is 30.3 Å². The monoisotopic (exact) mass is 577 g/mol. The minimum atomic E-state index is -1.59. The first-order valence-electron chi connectivity index (χ1n) is 14.2. The Morgan fingerprint density at radius 3 is 2.44 bits per heavy atom. The molecule has 43 heavy (non-hydrogen) atoms. The number of piperazine rings is 1. The first-order valence-corrected chi connectivity index (χ1v) is 14.2. The highest BCUT2D eigenvalue weighted by molar-refractivity contribution is 6.32. The highest BCUT2D eigenvalue weighted by Gasteiger charge is 2.48. The fourth-order valence-corrected chi connectivity index (χ4v) is 5.87. The molecule has 11 heteroatoms. The molecule has 0 saturated carbocycles. The first kappa shape index (κ1) is 28.4. The van der Waals surface area contributed by atoms with E-state index in [1.807, 2.05) is 23.1 Å². The number of rotatable bonds is 7. The van der Waals surface area contributed by atoms with Gasteiger partial charge in [-0.05, 0) is 47.9 Å². The highest BCUT2D eigenvalue weighted by Crippen LogP contribution is 2.37. The van der Waals surface area contributed by atoms with Crippen molar-refractivity contribution in [2.45, 2.75) is 38.0 Å². The topological polar surface area (TPSA) is 106 Å². The van der Waals surface area contributed by atoms with Gasteiger partial charge in [-0.1, -0.05) is 30.3 Å². The first-order chi connectivity index (χ1) is 20.7. The van der Waals surface area contributed by atoms with Gasteiger partial charge in [-0.2, -0.15) is 5.26 Å². The van der Waals surface area contributed by atoms with Crippen molar-refractivity contribution in [3.8, 4) is 11.8 Å². The van der Waals surface area contributed by atoms with E-state index in [-0.39, 0.29) is 31.1 Å². The molecule has 0 bridgehead atoms. The summed E-state index contributed by atoms with van der Waals surface area (Å²) < 4.78 is 20.6. The van der Waals surface area contributed by atoms with Crippen molar-refractivity contribution in [2.24, 2.45) is 0 Å². The Labute approximate surface area is 250 Å². The molecule has 2 radical (unpaired) electrons. The number of ether oxygens (including phenoxy) is 1. The lowest BCUT2D eigenvalue weighted by Gasteiger charge is -2.40. The number of halogens is 1. The molecule has 3 aliphatic heterocycles. The lowest BCUT2D eigenvalue weighted by atomic mass is 9.70. The normalized spacial score (nSPS) is 20.5. The predicted octanol–water partition coefficient (Wildman–Crippen LogP) is 2.86. The van der Waals surface area contributed by atoms with Gasteiger partial charge in [-0.25, -0.2) is 4.39 Å². The maximum absolute atomic E-state index is 14.4. The SMILES string of the molecule is [B][C@]1(N2Cc3c(OCc4ccc(CN5CCN(c6ccc(C#N)cc6F)CC5)cc4)cccc3C2=O)CCC(=O)NC1=O. The van der Waals surface area contributed by atoms with Gasteiger partial charge in [0.15, 0.2) is 0 Å². The molecule has 6 rings (SSSR count). The molecule has 0 unspecified atom stereocenters. The van der Waals surface area contributed by atoms with Gasteiger partial charge >= 0.3 is 0 Å². The zero-order valence-electron chi connectivity index (χ0n) is 23.5. The van der Waals surface area contributed by atoms with Crippen LogP contribution in [0.1, 0.15) is 45.5 Å². The summed E-state index contributed by atoms with van der Waals surface area (Å²) in [6.07, 6.45) is 0.127. The second-order valence-corrected chi connectivity index (χ2v) is 11.1. The fourth-order valence-electron chi connectivity index (χ4n) is 5.87. The number of fused-ring (bicyclic) bond motifs is 1. The molecule has 3 heterocycles. The number of hydrogen-bond donors (Lipinski definition) is 1. The highest BCUT2D eigenvalue weighted by atomic mass is 19.1. The summed E-state index contributed by atoms with van der Waals surface area (Å²) in [5.74, 6) is -1.25. The van der Waals surface area contributed by atoms with E-state index < -0.39 is 17.3 Å². The number of benzene rings is 3. The lowest BCUT2D eigenvalue weighted by molar-refractivity contribution is -0.138. The molecule has 1 N–H and O–H groups in total. The van der Waals surface area contributed by atoms with Crippen molar-refractivity contribution in [3.63, 3.8) is 0 Å². The van der Waals surface area contributed by atoms with Gasteiger partial charge in [-0.15, -0.1) is 0 Å². The summed E-state index contributed by atoms with van der Waals surface area (Å²) in [5.41, 5.74) is 2.47. The minimum absolute atomic E-state index is 0.0608.